The topological polar surface area (TPSA) is 122 Å². The lowest BCUT2D eigenvalue weighted by molar-refractivity contribution is -0.147. The van der Waals surface area contributed by atoms with Crippen LogP contribution in [-0.2, 0) is 36.0 Å². The lowest BCUT2D eigenvalue weighted by Gasteiger charge is -2.31. The first-order valence-electron chi connectivity index (χ1n) is 13.1. The monoisotopic (exact) mass is 501 g/mol. The Morgan fingerprint density at radius 1 is 1.26 bits per heavy atom. The van der Waals surface area contributed by atoms with Gasteiger partial charge in [-0.25, -0.2) is 13.8 Å². The molecule has 0 aliphatic rings. The highest BCUT2D eigenvalue weighted by Gasteiger charge is 2.36. The molecule has 34 heavy (non-hydrogen) atoms. The Hall–Kier alpha value is -1.97. The second-order valence-corrected chi connectivity index (χ2v) is 11.7. The zero-order chi connectivity index (χ0) is 28.5. The van der Waals surface area contributed by atoms with E-state index in [0.29, 0.717) is 24.0 Å². The minimum Gasteiger partial charge on any atom is -0.466 e. The minimum absolute atomic E-state index is 0.0582. The average molecular weight is 502 g/mol. The van der Waals surface area contributed by atoms with Gasteiger partial charge >= 0.3 is 5.97 Å². The Balaban J connectivity index is 3.37. The maximum Gasteiger partial charge on any atom is 0.308 e. The van der Waals surface area contributed by atoms with Crippen molar-refractivity contribution in [3.05, 3.63) is 35.4 Å². The molecule has 0 aliphatic heterocycles. The van der Waals surface area contributed by atoms with Crippen molar-refractivity contribution in [2.75, 3.05) is 31.8 Å². The van der Waals surface area contributed by atoms with E-state index in [4.69, 9.17) is 14.0 Å². The van der Waals surface area contributed by atoms with Crippen LogP contribution in [0.2, 0.25) is 0 Å². The fraction of sp³-hybridized carbons (Fsp3) is 0.680. The predicted octanol–water partition coefficient (Wildman–Crippen LogP) is 2.54. The van der Waals surface area contributed by atoms with Crippen LogP contribution < -0.4 is 10.9 Å². The third kappa shape index (κ3) is 9.35. The third-order valence-corrected chi connectivity index (χ3v) is 7.72. The molecular weight excluding hydrogens is 456 g/mol. The van der Waals surface area contributed by atoms with Gasteiger partial charge in [-0.3, -0.25) is 15.0 Å². The number of esters is 1. The largest absolute Gasteiger partial charge is 0.466 e. The number of sulfone groups is 1. The fourth-order valence-corrected chi connectivity index (χ4v) is 5.76. The van der Waals surface area contributed by atoms with Gasteiger partial charge in [0.15, 0.2) is 9.84 Å². The summed E-state index contributed by atoms with van der Waals surface area (Å²) in [6.07, 6.45) is 0.868. The average Bonchev–Trinajstić information content (AvgIpc) is 2.75. The predicted molar refractivity (Wildman–Crippen MR) is 134 cm³/mol. The lowest BCUT2D eigenvalue weighted by Crippen LogP contribution is -2.47. The number of hydrogen-bond acceptors (Lipinski definition) is 7. The Morgan fingerprint density at radius 2 is 1.97 bits per heavy atom. The summed E-state index contributed by atoms with van der Waals surface area (Å²) in [6.45, 7) is 4.05. The van der Waals surface area contributed by atoms with Gasteiger partial charge in [-0.2, -0.15) is 0 Å². The van der Waals surface area contributed by atoms with Gasteiger partial charge < -0.3 is 9.84 Å². The van der Waals surface area contributed by atoms with E-state index in [2.05, 4.69) is 10.9 Å². The molecule has 3 N–H and O–H groups in total. The summed E-state index contributed by atoms with van der Waals surface area (Å²) in [7, 11) is -2.01. The molecule has 1 aromatic rings. The highest BCUT2D eigenvalue weighted by molar-refractivity contribution is 7.91. The van der Waals surface area contributed by atoms with Gasteiger partial charge in [0.1, 0.15) is 0 Å². The molecule has 1 amide bonds. The minimum atomic E-state index is -3.48. The second-order valence-electron chi connectivity index (χ2n) is 9.50. The van der Waals surface area contributed by atoms with Gasteiger partial charge in [-0.15, -0.1) is 0 Å². The molecule has 0 fully saturated rings. The molecule has 0 bridgehead atoms. The number of aliphatic hydroxyl groups excluding tert-OH is 1. The molecule has 0 aromatic heterocycles. The molecular formula is C25H42N2O6S. The SMILES string of the molecule is [2H]C([2H])([2H])C(CCCC(C)(C)CS(=O)(=O)CCO)(C(=O)NNC)c1cccc(CC(C)C(=O)OCC)c1. The summed E-state index contributed by atoms with van der Waals surface area (Å²) < 4.78 is 54.7. The van der Waals surface area contributed by atoms with Gasteiger partial charge in [0, 0.05) is 11.2 Å². The summed E-state index contributed by atoms with van der Waals surface area (Å²) in [5.74, 6) is -2.04. The van der Waals surface area contributed by atoms with Crippen molar-refractivity contribution >= 4 is 21.7 Å². The number of ether oxygens (including phenoxy) is 1. The number of aliphatic hydroxyl groups is 1. The summed E-state index contributed by atoms with van der Waals surface area (Å²) in [4.78, 5) is 25.5. The standard InChI is InChI=1S/C25H42N2O6S/c1-7-33-22(29)19(2)16-20-10-8-11-21(17-20)25(5,23(30)27-26-6)13-9-12-24(3,4)18-34(31,32)15-14-28/h8,10-11,17,19,26,28H,7,9,12-16,18H2,1-6H3,(H,27,30)/i5D3. The fourth-order valence-electron chi connectivity index (χ4n) is 4.01. The Morgan fingerprint density at radius 3 is 2.56 bits per heavy atom. The first-order valence-corrected chi connectivity index (χ1v) is 13.4. The number of carbonyl (C=O) groups is 2. The van der Waals surface area contributed by atoms with Crippen molar-refractivity contribution in [2.24, 2.45) is 11.3 Å². The van der Waals surface area contributed by atoms with E-state index in [-0.39, 0.29) is 36.9 Å². The zero-order valence-electron chi connectivity index (χ0n) is 23.9. The molecule has 1 aromatic carbocycles. The van der Waals surface area contributed by atoms with Crippen LogP contribution in [-0.4, -0.2) is 57.2 Å². The Kier molecular flexibility index (Phi) is 9.76. The number of hydrazine groups is 1. The Bertz CT molecular complexity index is 1010. The van der Waals surface area contributed by atoms with Crippen LogP contribution in [0, 0.1) is 11.3 Å². The summed E-state index contributed by atoms with van der Waals surface area (Å²) in [5, 5.41) is 9.03. The number of rotatable bonds is 15. The van der Waals surface area contributed by atoms with Crippen LogP contribution in [0.4, 0.5) is 0 Å². The maximum atomic E-state index is 13.4. The van der Waals surface area contributed by atoms with E-state index in [1.807, 2.05) is 0 Å². The molecule has 1 rings (SSSR count). The summed E-state index contributed by atoms with van der Waals surface area (Å²) >= 11 is 0. The first-order chi connectivity index (χ1) is 17.0. The van der Waals surface area contributed by atoms with Crippen LogP contribution in [0.1, 0.15) is 69.0 Å². The van der Waals surface area contributed by atoms with Crippen molar-refractivity contribution in [3.8, 4) is 0 Å². The molecule has 0 radical (unpaired) electrons. The highest BCUT2D eigenvalue weighted by atomic mass is 32.2. The van der Waals surface area contributed by atoms with Gasteiger partial charge in [0.05, 0.1) is 36.1 Å². The van der Waals surface area contributed by atoms with E-state index in [9.17, 15) is 18.0 Å². The molecule has 8 nitrogen and oxygen atoms in total. The van der Waals surface area contributed by atoms with Crippen LogP contribution in [0.3, 0.4) is 0 Å². The highest BCUT2D eigenvalue weighted by Crippen LogP contribution is 2.34. The smallest absolute Gasteiger partial charge is 0.308 e. The van der Waals surface area contributed by atoms with Gasteiger partial charge in [0.25, 0.3) is 0 Å². The van der Waals surface area contributed by atoms with Crippen LogP contribution in [0.15, 0.2) is 24.3 Å². The number of carbonyl (C=O) groups excluding carboxylic acids is 2. The first kappa shape index (κ1) is 25.1. The zero-order valence-corrected chi connectivity index (χ0v) is 21.8. The molecule has 0 heterocycles. The number of amides is 1. The lowest BCUT2D eigenvalue weighted by atomic mass is 9.75. The molecule has 0 aliphatic carbocycles. The summed E-state index contributed by atoms with van der Waals surface area (Å²) in [6, 6.07) is 6.68. The Labute approximate surface area is 209 Å². The van der Waals surface area contributed by atoms with E-state index in [1.165, 1.54) is 7.05 Å². The molecule has 2 unspecified atom stereocenters. The van der Waals surface area contributed by atoms with Crippen LogP contribution in [0.5, 0.6) is 0 Å². The van der Waals surface area contributed by atoms with Crippen LogP contribution >= 0.6 is 0 Å². The molecule has 0 saturated carbocycles. The maximum absolute atomic E-state index is 13.4. The molecule has 0 spiro atoms. The molecule has 9 heteroatoms. The molecule has 2 atom stereocenters. The van der Waals surface area contributed by atoms with Crippen molar-refractivity contribution in [2.45, 2.75) is 65.6 Å². The van der Waals surface area contributed by atoms with Gasteiger partial charge in [-0.05, 0) is 49.6 Å². The van der Waals surface area contributed by atoms with Crippen molar-refractivity contribution in [3.63, 3.8) is 0 Å². The van der Waals surface area contributed by atoms with Gasteiger partial charge in [0.2, 0.25) is 5.91 Å². The van der Waals surface area contributed by atoms with E-state index < -0.39 is 46.0 Å². The normalized spacial score (nSPS) is 16.5. The van der Waals surface area contributed by atoms with E-state index in [1.54, 1.807) is 52.0 Å². The van der Waals surface area contributed by atoms with Crippen molar-refractivity contribution < 1.29 is 32.0 Å². The summed E-state index contributed by atoms with van der Waals surface area (Å²) in [5.41, 5.74) is 3.35. The van der Waals surface area contributed by atoms with Crippen LogP contribution in [0.25, 0.3) is 0 Å². The van der Waals surface area contributed by atoms with E-state index >= 15 is 0 Å². The van der Waals surface area contributed by atoms with Crippen molar-refractivity contribution in [1.82, 2.24) is 10.9 Å². The second kappa shape index (κ2) is 13.2. The number of nitrogens with one attached hydrogen (secondary N) is 2. The number of hydrogen-bond donors (Lipinski definition) is 3. The van der Waals surface area contributed by atoms with Crippen molar-refractivity contribution in [1.29, 1.82) is 0 Å². The third-order valence-electron chi connectivity index (χ3n) is 5.70. The van der Waals surface area contributed by atoms with E-state index in [0.717, 1.165) is 0 Å². The molecule has 0 saturated heterocycles. The van der Waals surface area contributed by atoms with Gasteiger partial charge in [-0.1, -0.05) is 51.5 Å². The molecule has 194 valence electrons. The quantitative estimate of drug-likeness (QED) is 0.249. The number of benzene rings is 1.